The second-order valence-corrected chi connectivity index (χ2v) is 8.82. The van der Waals surface area contributed by atoms with Gasteiger partial charge >= 0.3 is 6.03 Å². The molecule has 3 fully saturated rings. The molecular weight excluding hydrogens is 352 g/mol. The van der Waals surface area contributed by atoms with Crippen LogP contribution >= 0.6 is 0 Å². The maximum Gasteiger partial charge on any atom is 0.325 e. The first-order valence-electron chi connectivity index (χ1n) is 10.8. The first-order chi connectivity index (χ1) is 13.5. The minimum absolute atomic E-state index is 0.104. The molecule has 0 unspecified atom stereocenters. The summed E-state index contributed by atoms with van der Waals surface area (Å²) in [6, 6.07) is 7.36. The van der Waals surface area contributed by atoms with Crippen molar-refractivity contribution in [2.75, 3.05) is 6.54 Å². The topological polar surface area (TPSA) is 66.5 Å². The average Bonchev–Trinajstić information content (AvgIpc) is 2.96. The molecule has 2 aliphatic carbocycles. The second-order valence-electron chi connectivity index (χ2n) is 8.82. The lowest BCUT2D eigenvalue weighted by atomic mass is 9.73. The quantitative estimate of drug-likeness (QED) is 0.619. The molecule has 1 aromatic rings. The SMILES string of the molecule is C[C@@H]1CCCC[C@@]12NC(=O)N(CC(=O)c1ccc(C3CCCCC3)cc1)C2=O. The van der Waals surface area contributed by atoms with Gasteiger partial charge in [-0.05, 0) is 43.1 Å². The number of amides is 3. The van der Waals surface area contributed by atoms with Crippen LogP contribution in [0.5, 0.6) is 0 Å². The summed E-state index contributed by atoms with van der Waals surface area (Å²) in [4.78, 5) is 39.4. The lowest BCUT2D eigenvalue weighted by Crippen LogP contribution is -2.54. The van der Waals surface area contributed by atoms with Crippen molar-refractivity contribution in [2.45, 2.75) is 76.2 Å². The Balaban J connectivity index is 1.44. The van der Waals surface area contributed by atoms with Crippen molar-refractivity contribution in [3.05, 3.63) is 35.4 Å². The van der Waals surface area contributed by atoms with Crippen molar-refractivity contribution in [3.8, 4) is 0 Å². The molecule has 2 atom stereocenters. The molecule has 3 aliphatic rings. The average molecular weight is 383 g/mol. The molecule has 5 nitrogen and oxygen atoms in total. The molecular formula is C23H30N2O3. The van der Waals surface area contributed by atoms with Crippen LogP contribution in [-0.2, 0) is 4.79 Å². The van der Waals surface area contributed by atoms with Gasteiger partial charge in [0.2, 0.25) is 0 Å². The summed E-state index contributed by atoms with van der Waals surface area (Å²) in [5, 5.41) is 2.91. The first kappa shape index (κ1) is 19.2. The Kier molecular flexibility index (Phi) is 5.26. The molecule has 0 aromatic heterocycles. The van der Waals surface area contributed by atoms with Crippen LogP contribution in [0.1, 0.15) is 86.6 Å². The fourth-order valence-corrected chi connectivity index (χ4v) is 5.25. The molecule has 3 amide bonds. The van der Waals surface area contributed by atoms with Gasteiger partial charge in [0.05, 0.1) is 6.54 Å². The van der Waals surface area contributed by atoms with Gasteiger partial charge in [0.1, 0.15) is 5.54 Å². The molecule has 1 aliphatic heterocycles. The van der Waals surface area contributed by atoms with Gasteiger partial charge in [-0.1, -0.05) is 63.3 Å². The summed E-state index contributed by atoms with van der Waals surface area (Å²) in [6.45, 7) is 1.84. The number of imide groups is 1. The first-order valence-corrected chi connectivity index (χ1v) is 10.8. The van der Waals surface area contributed by atoms with E-state index >= 15 is 0 Å². The molecule has 4 rings (SSSR count). The lowest BCUT2D eigenvalue weighted by molar-refractivity contribution is -0.133. The van der Waals surface area contributed by atoms with E-state index in [1.165, 1.54) is 37.7 Å². The van der Waals surface area contributed by atoms with Crippen LogP contribution in [0.25, 0.3) is 0 Å². The minimum Gasteiger partial charge on any atom is -0.323 e. The van der Waals surface area contributed by atoms with E-state index in [0.29, 0.717) is 17.9 Å². The lowest BCUT2D eigenvalue weighted by Gasteiger charge is -2.36. The summed E-state index contributed by atoms with van der Waals surface area (Å²) >= 11 is 0. The zero-order valence-electron chi connectivity index (χ0n) is 16.7. The number of Topliss-reactive ketones (excluding diaryl/α,β-unsaturated/α-hetero) is 1. The minimum atomic E-state index is -0.805. The van der Waals surface area contributed by atoms with Gasteiger partial charge in [0.15, 0.2) is 5.78 Å². The van der Waals surface area contributed by atoms with E-state index in [0.717, 1.165) is 24.2 Å². The van der Waals surface area contributed by atoms with Gasteiger partial charge in [-0.2, -0.15) is 0 Å². The third kappa shape index (κ3) is 3.36. The van der Waals surface area contributed by atoms with Crippen molar-refractivity contribution in [2.24, 2.45) is 5.92 Å². The molecule has 2 saturated carbocycles. The summed E-state index contributed by atoms with van der Waals surface area (Å²) in [6.07, 6.45) is 9.91. The van der Waals surface area contributed by atoms with E-state index in [2.05, 4.69) is 5.32 Å². The number of carbonyl (C=O) groups is 3. The van der Waals surface area contributed by atoms with Crippen molar-refractivity contribution in [3.63, 3.8) is 0 Å². The van der Waals surface area contributed by atoms with Gasteiger partial charge in [0, 0.05) is 5.56 Å². The Hall–Kier alpha value is -2.17. The smallest absolute Gasteiger partial charge is 0.323 e. The number of ketones is 1. The number of benzene rings is 1. The van der Waals surface area contributed by atoms with Gasteiger partial charge in [-0.25, -0.2) is 4.79 Å². The van der Waals surface area contributed by atoms with Crippen LogP contribution in [0.4, 0.5) is 4.79 Å². The molecule has 1 spiro atoms. The van der Waals surface area contributed by atoms with Crippen LogP contribution in [0.15, 0.2) is 24.3 Å². The molecule has 0 bridgehead atoms. The molecule has 1 heterocycles. The largest absolute Gasteiger partial charge is 0.325 e. The summed E-state index contributed by atoms with van der Waals surface area (Å²) in [5.74, 6) is 0.292. The number of rotatable bonds is 4. The Labute approximate surface area is 166 Å². The molecule has 1 N–H and O–H groups in total. The molecule has 0 radical (unpaired) electrons. The molecule has 1 saturated heterocycles. The highest BCUT2D eigenvalue weighted by Crippen LogP contribution is 2.38. The summed E-state index contributed by atoms with van der Waals surface area (Å²) < 4.78 is 0. The normalized spacial score (nSPS) is 28.6. The van der Waals surface area contributed by atoms with E-state index in [4.69, 9.17) is 0 Å². The van der Waals surface area contributed by atoms with E-state index in [1.807, 2.05) is 31.2 Å². The Bertz CT molecular complexity index is 767. The van der Waals surface area contributed by atoms with Crippen LogP contribution in [-0.4, -0.2) is 34.7 Å². The molecule has 28 heavy (non-hydrogen) atoms. The number of nitrogens with zero attached hydrogens (tertiary/aromatic N) is 1. The monoisotopic (exact) mass is 382 g/mol. The van der Waals surface area contributed by atoms with Crippen LogP contribution in [0, 0.1) is 5.92 Å². The van der Waals surface area contributed by atoms with Crippen LogP contribution in [0.3, 0.4) is 0 Å². The fraction of sp³-hybridized carbons (Fsp3) is 0.609. The number of nitrogens with one attached hydrogen (secondary N) is 1. The van der Waals surface area contributed by atoms with Crippen molar-refractivity contribution >= 4 is 17.7 Å². The third-order valence-corrected chi connectivity index (χ3v) is 7.11. The zero-order valence-corrected chi connectivity index (χ0v) is 16.7. The van der Waals surface area contributed by atoms with E-state index < -0.39 is 11.6 Å². The maximum atomic E-state index is 13.0. The van der Waals surface area contributed by atoms with Gasteiger partial charge in [-0.15, -0.1) is 0 Å². The maximum absolute atomic E-state index is 13.0. The third-order valence-electron chi connectivity index (χ3n) is 7.11. The Morgan fingerprint density at radius 3 is 2.39 bits per heavy atom. The highest BCUT2D eigenvalue weighted by molar-refractivity contribution is 6.11. The number of carbonyl (C=O) groups excluding carboxylic acids is 3. The Morgan fingerprint density at radius 2 is 1.71 bits per heavy atom. The predicted octanol–water partition coefficient (Wildman–Crippen LogP) is 4.42. The fourth-order valence-electron chi connectivity index (χ4n) is 5.25. The zero-order chi connectivity index (χ0) is 19.7. The van der Waals surface area contributed by atoms with Gasteiger partial charge in [0.25, 0.3) is 5.91 Å². The van der Waals surface area contributed by atoms with E-state index in [1.54, 1.807) is 0 Å². The highest BCUT2D eigenvalue weighted by atomic mass is 16.2. The standard InChI is InChI=1S/C23H30N2O3/c1-16-7-5-6-14-23(16)21(27)25(22(28)24-23)15-20(26)19-12-10-18(11-13-19)17-8-3-2-4-9-17/h10-13,16-17H,2-9,14-15H2,1H3,(H,24,28)/t16-,23-/m1/s1. The Morgan fingerprint density at radius 1 is 1.04 bits per heavy atom. The van der Waals surface area contributed by atoms with Crippen molar-refractivity contribution in [1.82, 2.24) is 10.2 Å². The number of urea groups is 1. The molecule has 150 valence electrons. The van der Waals surface area contributed by atoms with Gasteiger partial charge in [-0.3, -0.25) is 14.5 Å². The predicted molar refractivity (Wildman–Crippen MR) is 107 cm³/mol. The van der Waals surface area contributed by atoms with E-state index in [9.17, 15) is 14.4 Å². The summed E-state index contributed by atoms with van der Waals surface area (Å²) in [7, 11) is 0. The van der Waals surface area contributed by atoms with Crippen LogP contribution in [0.2, 0.25) is 0 Å². The number of hydrogen-bond donors (Lipinski definition) is 1. The second kappa shape index (κ2) is 7.69. The number of hydrogen-bond acceptors (Lipinski definition) is 3. The van der Waals surface area contributed by atoms with Crippen molar-refractivity contribution in [1.29, 1.82) is 0 Å². The van der Waals surface area contributed by atoms with Crippen LogP contribution < -0.4 is 5.32 Å². The van der Waals surface area contributed by atoms with Crippen molar-refractivity contribution < 1.29 is 14.4 Å². The van der Waals surface area contributed by atoms with E-state index in [-0.39, 0.29) is 24.2 Å². The molecule has 5 heteroatoms. The molecule has 1 aromatic carbocycles. The summed E-state index contributed by atoms with van der Waals surface area (Å²) in [5.41, 5.74) is 1.06. The van der Waals surface area contributed by atoms with Gasteiger partial charge < -0.3 is 5.32 Å². The highest BCUT2D eigenvalue weighted by Gasteiger charge is 2.55.